The summed E-state index contributed by atoms with van der Waals surface area (Å²) in [5.74, 6) is -0.229. The lowest BCUT2D eigenvalue weighted by Crippen LogP contribution is -2.26. The van der Waals surface area contributed by atoms with Gasteiger partial charge >= 0.3 is 5.97 Å². The smallest absolute Gasteiger partial charge is 0.298 e. The van der Waals surface area contributed by atoms with Crippen LogP contribution in [0.25, 0.3) is 0 Å². The molecule has 0 aromatic carbocycles. The van der Waals surface area contributed by atoms with E-state index in [1.165, 1.54) is 44.9 Å². The summed E-state index contributed by atoms with van der Waals surface area (Å²) in [6, 6.07) is 0. The van der Waals surface area contributed by atoms with E-state index in [0.717, 1.165) is 32.1 Å². The molecule has 0 fully saturated rings. The van der Waals surface area contributed by atoms with E-state index in [4.69, 9.17) is 9.78 Å². The van der Waals surface area contributed by atoms with Crippen LogP contribution in [-0.2, 0) is 14.6 Å². The Balaban J connectivity index is 3.42. The molecule has 3 heteroatoms. The van der Waals surface area contributed by atoms with Gasteiger partial charge in [-0.1, -0.05) is 78.1 Å². The predicted molar refractivity (Wildman–Crippen MR) is 92.6 cm³/mol. The summed E-state index contributed by atoms with van der Waals surface area (Å²) in [6.07, 6.45) is 14.9. The van der Waals surface area contributed by atoms with Crippen LogP contribution in [0, 0.1) is 0 Å². The second kappa shape index (κ2) is 14.0. The van der Waals surface area contributed by atoms with Crippen molar-refractivity contribution in [2.24, 2.45) is 0 Å². The van der Waals surface area contributed by atoms with Crippen LogP contribution in [-0.4, -0.2) is 11.6 Å². The van der Waals surface area contributed by atoms with Crippen LogP contribution in [0.5, 0.6) is 0 Å². The van der Waals surface area contributed by atoms with Gasteiger partial charge in [-0.3, -0.25) is 4.89 Å². The first-order valence-corrected chi connectivity index (χ1v) is 9.40. The Labute approximate surface area is 138 Å². The monoisotopic (exact) mass is 314 g/mol. The highest BCUT2D eigenvalue weighted by atomic mass is 17.2. The van der Waals surface area contributed by atoms with Crippen LogP contribution in [0.3, 0.4) is 0 Å². The predicted octanol–water partition coefficient (Wildman–Crippen LogP) is 6.35. The van der Waals surface area contributed by atoms with Gasteiger partial charge < -0.3 is 0 Å². The molecule has 0 aromatic rings. The Hall–Kier alpha value is -0.570. The van der Waals surface area contributed by atoms with Crippen LogP contribution in [0.1, 0.15) is 111 Å². The minimum Gasteiger partial charge on any atom is -0.298 e. The van der Waals surface area contributed by atoms with E-state index in [9.17, 15) is 4.79 Å². The van der Waals surface area contributed by atoms with Gasteiger partial charge in [0.2, 0.25) is 0 Å². The zero-order valence-electron chi connectivity index (χ0n) is 15.4. The summed E-state index contributed by atoms with van der Waals surface area (Å²) >= 11 is 0. The van der Waals surface area contributed by atoms with Crippen LogP contribution in [0.2, 0.25) is 0 Å². The fourth-order valence-corrected chi connectivity index (χ4v) is 2.43. The van der Waals surface area contributed by atoms with E-state index >= 15 is 0 Å². The molecule has 0 unspecified atom stereocenters. The lowest BCUT2D eigenvalue weighted by molar-refractivity contribution is -0.326. The van der Waals surface area contributed by atoms with Crippen LogP contribution < -0.4 is 0 Å². The highest BCUT2D eigenvalue weighted by Crippen LogP contribution is 2.18. The molecule has 0 aliphatic heterocycles. The van der Waals surface area contributed by atoms with E-state index < -0.39 is 0 Å². The van der Waals surface area contributed by atoms with Crippen molar-refractivity contribution < 1.29 is 14.6 Å². The second-order valence-corrected chi connectivity index (χ2v) is 6.98. The van der Waals surface area contributed by atoms with Crippen molar-refractivity contribution in [3.63, 3.8) is 0 Å². The number of carbonyl (C=O) groups excluding carboxylic acids is 1. The van der Waals surface area contributed by atoms with Gasteiger partial charge in [-0.25, -0.2) is 4.79 Å². The van der Waals surface area contributed by atoms with Crippen LogP contribution in [0.4, 0.5) is 0 Å². The average Bonchev–Trinajstić information content (AvgIpc) is 2.49. The maximum atomic E-state index is 11.6. The molecule has 0 spiro atoms. The Morgan fingerprint density at radius 2 is 1.27 bits per heavy atom. The van der Waals surface area contributed by atoms with Crippen molar-refractivity contribution in [2.75, 3.05) is 0 Å². The molecule has 0 radical (unpaired) electrons. The van der Waals surface area contributed by atoms with E-state index in [2.05, 4.69) is 13.8 Å². The third-order valence-electron chi connectivity index (χ3n) is 3.98. The molecule has 0 saturated heterocycles. The summed E-state index contributed by atoms with van der Waals surface area (Å²) in [5, 5.41) is 0. The third-order valence-corrected chi connectivity index (χ3v) is 3.98. The maximum Gasteiger partial charge on any atom is 0.342 e. The van der Waals surface area contributed by atoms with Crippen molar-refractivity contribution in [3.05, 3.63) is 0 Å². The lowest BCUT2D eigenvalue weighted by atomic mass is 10.0. The Morgan fingerprint density at radius 3 is 1.82 bits per heavy atom. The maximum absolute atomic E-state index is 11.6. The van der Waals surface area contributed by atoms with Gasteiger partial charge in [0, 0.05) is 6.42 Å². The van der Waals surface area contributed by atoms with Gasteiger partial charge in [0.05, 0.1) is 0 Å². The molecule has 0 aliphatic rings. The molecule has 0 bridgehead atoms. The van der Waals surface area contributed by atoms with Gasteiger partial charge in [-0.05, 0) is 26.7 Å². The Morgan fingerprint density at radius 1 is 0.773 bits per heavy atom. The minimum absolute atomic E-state index is 0.229. The van der Waals surface area contributed by atoms with Crippen molar-refractivity contribution >= 4 is 5.97 Å². The van der Waals surface area contributed by atoms with Gasteiger partial charge in [0.1, 0.15) is 5.60 Å². The Bertz CT molecular complexity index is 261. The van der Waals surface area contributed by atoms with E-state index in [-0.39, 0.29) is 11.6 Å². The first-order valence-electron chi connectivity index (χ1n) is 9.40. The number of carbonyl (C=O) groups is 1. The minimum atomic E-state index is -0.371. The van der Waals surface area contributed by atoms with Gasteiger partial charge in [0.15, 0.2) is 0 Å². The molecule has 0 saturated carbocycles. The summed E-state index contributed by atoms with van der Waals surface area (Å²) in [4.78, 5) is 21.8. The van der Waals surface area contributed by atoms with E-state index in [1.807, 2.05) is 13.8 Å². The van der Waals surface area contributed by atoms with Crippen LogP contribution in [0.15, 0.2) is 0 Å². The van der Waals surface area contributed by atoms with Crippen molar-refractivity contribution in [2.45, 2.75) is 117 Å². The number of hydrogen-bond acceptors (Lipinski definition) is 3. The molecule has 3 nitrogen and oxygen atoms in total. The lowest BCUT2D eigenvalue weighted by Gasteiger charge is -2.22. The molecule has 132 valence electrons. The summed E-state index contributed by atoms with van der Waals surface area (Å²) in [5.41, 5.74) is -0.371. The third kappa shape index (κ3) is 14.4. The van der Waals surface area contributed by atoms with Gasteiger partial charge in [0.25, 0.3) is 0 Å². The fraction of sp³-hybridized carbons (Fsp3) is 0.947. The number of rotatable bonds is 15. The van der Waals surface area contributed by atoms with Crippen molar-refractivity contribution in [3.8, 4) is 0 Å². The molecule has 0 aliphatic carbocycles. The molecule has 0 atom stereocenters. The molecular weight excluding hydrogens is 276 g/mol. The van der Waals surface area contributed by atoms with Crippen molar-refractivity contribution in [1.82, 2.24) is 0 Å². The normalized spacial score (nSPS) is 11.6. The Kier molecular flexibility index (Phi) is 13.7. The molecule has 0 rings (SSSR count). The number of unbranched alkanes of at least 4 members (excludes halogenated alkanes) is 9. The largest absolute Gasteiger partial charge is 0.342 e. The summed E-state index contributed by atoms with van der Waals surface area (Å²) in [7, 11) is 0. The summed E-state index contributed by atoms with van der Waals surface area (Å²) in [6.45, 7) is 8.32. The van der Waals surface area contributed by atoms with Crippen molar-refractivity contribution in [1.29, 1.82) is 0 Å². The quantitative estimate of drug-likeness (QED) is 0.201. The highest BCUT2D eigenvalue weighted by Gasteiger charge is 2.21. The molecule has 0 aromatic heterocycles. The summed E-state index contributed by atoms with van der Waals surface area (Å²) < 4.78 is 0. The van der Waals surface area contributed by atoms with Gasteiger partial charge in [-0.2, -0.15) is 4.89 Å². The van der Waals surface area contributed by atoms with Gasteiger partial charge in [-0.15, -0.1) is 0 Å². The molecule has 22 heavy (non-hydrogen) atoms. The molecule has 0 amide bonds. The van der Waals surface area contributed by atoms with E-state index in [0.29, 0.717) is 6.42 Å². The standard InChI is InChI=1S/C19H38O3/c1-5-7-9-10-11-12-13-14-15-16-18(20)21-22-19(3,4)17-8-6-2/h5-17H2,1-4H3. The zero-order valence-corrected chi connectivity index (χ0v) is 15.4. The number of hydrogen-bond donors (Lipinski definition) is 0. The molecule has 0 N–H and O–H groups in total. The first-order chi connectivity index (χ1) is 10.5. The van der Waals surface area contributed by atoms with Crippen LogP contribution >= 0.6 is 0 Å². The van der Waals surface area contributed by atoms with E-state index in [1.54, 1.807) is 0 Å². The topological polar surface area (TPSA) is 35.5 Å². The molecular formula is C19H38O3. The molecule has 0 heterocycles. The second-order valence-electron chi connectivity index (χ2n) is 6.98. The highest BCUT2D eigenvalue weighted by molar-refractivity contribution is 5.68. The fourth-order valence-electron chi connectivity index (χ4n) is 2.43. The zero-order chi connectivity index (χ0) is 16.7. The average molecular weight is 315 g/mol. The SMILES string of the molecule is CCCCCCCCCCCC(=O)OOC(C)(C)CCCC. The first kappa shape index (κ1) is 21.4.